The summed E-state index contributed by atoms with van der Waals surface area (Å²) in [5, 5.41) is 3.50. The van der Waals surface area contributed by atoms with Crippen LogP contribution in [0.1, 0.15) is 46.8 Å². The lowest BCUT2D eigenvalue weighted by Gasteiger charge is -2.14. The van der Waals surface area contributed by atoms with Crippen molar-refractivity contribution in [2.24, 2.45) is 0 Å². The number of benzene rings is 2. The molecule has 180 valence electrons. The molecular formula is C26H29NO6S. The normalized spacial score (nSPS) is 11.1. The third-order valence-electron chi connectivity index (χ3n) is 5.29. The monoisotopic (exact) mass is 483 g/mol. The molecule has 0 bridgehead atoms. The average molecular weight is 484 g/mol. The van der Waals surface area contributed by atoms with Crippen molar-refractivity contribution in [3.63, 3.8) is 0 Å². The molecule has 0 saturated heterocycles. The number of thioether (sulfide) groups is 1. The van der Waals surface area contributed by atoms with E-state index < -0.39 is 11.6 Å². The van der Waals surface area contributed by atoms with Gasteiger partial charge >= 0.3 is 11.6 Å². The number of nitrogens with one attached hydrogen (secondary N) is 1. The Labute approximate surface area is 202 Å². The van der Waals surface area contributed by atoms with Crippen LogP contribution in [0.3, 0.4) is 0 Å². The minimum atomic E-state index is -0.527. The number of ether oxygens (including phenoxy) is 2. The molecule has 1 heterocycles. The summed E-state index contributed by atoms with van der Waals surface area (Å²) in [6.07, 6.45) is 0. The molecule has 0 aliphatic carbocycles. The van der Waals surface area contributed by atoms with E-state index in [1.807, 2.05) is 19.1 Å². The third kappa shape index (κ3) is 6.48. The highest BCUT2D eigenvalue weighted by Gasteiger charge is 2.16. The summed E-state index contributed by atoms with van der Waals surface area (Å²) < 4.78 is 15.9. The highest BCUT2D eigenvalue weighted by molar-refractivity contribution is 8.00. The Kier molecular flexibility index (Phi) is 8.90. The van der Waals surface area contributed by atoms with Gasteiger partial charge in [-0.25, -0.2) is 9.59 Å². The molecule has 0 aliphatic heterocycles. The van der Waals surface area contributed by atoms with Crippen molar-refractivity contribution in [2.45, 2.75) is 38.2 Å². The van der Waals surface area contributed by atoms with Crippen LogP contribution in [0.15, 0.2) is 56.6 Å². The second-order valence-corrected chi connectivity index (χ2v) is 9.17. The van der Waals surface area contributed by atoms with Gasteiger partial charge < -0.3 is 19.2 Å². The number of carbonyl (C=O) groups excluding carboxylic acids is 2. The molecule has 0 atom stereocenters. The summed E-state index contributed by atoms with van der Waals surface area (Å²) in [6.45, 7) is 6.96. The highest BCUT2D eigenvalue weighted by Crippen LogP contribution is 2.28. The van der Waals surface area contributed by atoms with Crippen LogP contribution < -0.4 is 10.9 Å². The topological polar surface area (TPSA) is 94.8 Å². The van der Waals surface area contributed by atoms with Crippen molar-refractivity contribution in [1.29, 1.82) is 0 Å². The number of hydrogen-bond donors (Lipinski definition) is 1. The molecular weight excluding hydrogens is 454 g/mol. The second-order valence-electron chi connectivity index (χ2n) is 8.15. The molecule has 1 N–H and O–H groups in total. The van der Waals surface area contributed by atoms with E-state index in [0.717, 1.165) is 16.5 Å². The molecule has 0 saturated carbocycles. The van der Waals surface area contributed by atoms with Gasteiger partial charge in [-0.1, -0.05) is 26.0 Å². The summed E-state index contributed by atoms with van der Waals surface area (Å²) in [5.74, 6) is -0.220. The van der Waals surface area contributed by atoms with Crippen LogP contribution in [-0.2, 0) is 20.9 Å². The van der Waals surface area contributed by atoms with E-state index in [4.69, 9.17) is 13.9 Å². The van der Waals surface area contributed by atoms with Crippen molar-refractivity contribution in [3.8, 4) is 0 Å². The molecule has 0 spiro atoms. The van der Waals surface area contributed by atoms with Gasteiger partial charge in [0.05, 0.1) is 17.9 Å². The van der Waals surface area contributed by atoms with Crippen LogP contribution in [0.5, 0.6) is 0 Å². The summed E-state index contributed by atoms with van der Waals surface area (Å²) in [7, 11) is 1.57. The van der Waals surface area contributed by atoms with Gasteiger partial charge in [-0.3, -0.25) is 4.79 Å². The quantitative estimate of drug-likeness (QED) is 0.197. The van der Waals surface area contributed by atoms with E-state index in [1.54, 1.807) is 31.4 Å². The smallest absolute Gasteiger partial charge is 0.339 e. The maximum absolute atomic E-state index is 12.9. The minimum Gasteiger partial charge on any atom is -0.457 e. The Morgan fingerprint density at radius 2 is 1.91 bits per heavy atom. The lowest BCUT2D eigenvalue weighted by atomic mass is 9.95. The van der Waals surface area contributed by atoms with E-state index >= 15 is 0 Å². The summed E-state index contributed by atoms with van der Waals surface area (Å²) >= 11 is 1.26. The van der Waals surface area contributed by atoms with Crippen LogP contribution in [-0.4, -0.2) is 37.9 Å². The van der Waals surface area contributed by atoms with Crippen LogP contribution in [0.25, 0.3) is 11.0 Å². The standard InChI is InChI=1S/C26H29NO6S/c1-16(2)20-13-21-18(12-25(29)33-22(21)11-17(20)3)14-32-26(30)19-7-5-6-8-23(19)34-15-24(28)27-9-10-31-4/h5-8,11-13,16H,9-10,14-15H2,1-4H3,(H,27,28). The maximum atomic E-state index is 12.9. The zero-order chi connectivity index (χ0) is 24.7. The molecule has 0 radical (unpaired) electrons. The molecule has 1 amide bonds. The van der Waals surface area contributed by atoms with E-state index in [9.17, 15) is 14.4 Å². The fraction of sp³-hybridized carbons (Fsp3) is 0.346. The second kappa shape index (κ2) is 11.9. The number of methoxy groups -OCH3 is 1. The molecule has 3 aromatic rings. The molecule has 0 aliphatic rings. The van der Waals surface area contributed by atoms with E-state index in [1.165, 1.54) is 17.8 Å². The SMILES string of the molecule is COCCNC(=O)CSc1ccccc1C(=O)OCc1cc(=O)oc2cc(C)c(C(C)C)cc12. The van der Waals surface area contributed by atoms with Crippen molar-refractivity contribution in [3.05, 3.63) is 75.1 Å². The van der Waals surface area contributed by atoms with Gasteiger partial charge in [0.15, 0.2) is 0 Å². The molecule has 3 rings (SSSR count). The van der Waals surface area contributed by atoms with Gasteiger partial charge in [0, 0.05) is 35.6 Å². The Bertz CT molecular complexity index is 1230. The summed E-state index contributed by atoms with van der Waals surface area (Å²) in [5.41, 5.74) is 3.10. The Morgan fingerprint density at radius 3 is 2.65 bits per heavy atom. The summed E-state index contributed by atoms with van der Waals surface area (Å²) in [4.78, 5) is 37.6. The first-order chi connectivity index (χ1) is 16.3. The zero-order valence-electron chi connectivity index (χ0n) is 19.8. The number of fused-ring (bicyclic) bond motifs is 1. The third-order valence-corrected chi connectivity index (χ3v) is 6.37. The predicted molar refractivity (Wildman–Crippen MR) is 132 cm³/mol. The lowest BCUT2D eigenvalue weighted by molar-refractivity contribution is -0.118. The lowest BCUT2D eigenvalue weighted by Crippen LogP contribution is -2.28. The Hall–Kier alpha value is -3.10. The van der Waals surface area contributed by atoms with E-state index in [0.29, 0.717) is 40.7 Å². The van der Waals surface area contributed by atoms with Crippen molar-refractivity contribution >= 4 is 34.6 Å². The molecule has 0 fully saturated rings. The number of amides is 1. The predicted octanol–water partition coefficient (Wildman–Crippen LogP) is 4.44. The maximum Gasteiger partial charge on any atom is 0.339 e. The molecule has 34 heavy (non-hydrogen) atoms. The van der Waals surface area contributed by atoms with Crippen molar-refractivity contribution in [1.82, 2.24) is 5.32 Å². The number of rotatable bonds is 10. The number of carbonyl (C=O) groups is 2. The van der Waals surface area contributed by atoms with Gasteiger partial charge in [-0.2, -0.15) is 0 Å². The largest absolute Gasteiger partial charge is 0.457 e. The molecule has 7 nitrogen and oxygen atoms in total. The van der Waals surface area contributed by atoms with E-state index in [-0.39, 0.29) is 18.3 Å². The van der Waals surface area contributed by atoms with Crippen LogP contribution >= 0.6 is 11.8 Å². The molecule has 2 aromatic carbocycles. The van der Waals surface area contributed by atoms with Crippen molar-refractivity contribution in [2.75, 3.05) is 26.0 Å². The first kappa shape index (κ1) is 25.5. The van der Waals surface area contributed by atoms with E-state index in [2.05, 4.69) is 19.2 Å². The van der Waals surface area contributed by atoms with Gasteiger partial charge in [0.1, 0.15) is 12.2 Å². The van der Waals surface area contributed by atoms with Crippen LogP contribution in [0.4, 0.5) is 0 Å². The first-order valence-electron chi connectivity index (χ1n) is 11.0. The highest BCUT2D eigenvalue weighted by atomic mass is 32.2. The first-order valence-corrected chi connectivity index (χ1v) is 12.0. The molecule has 1 aromatic heterocycles. The molecule has 0 unspecified atom stereocenters. The summed E-state index contributed by atoms with van der Waals surface area (Å²) in [6, 6.07) is 12.2. The number of esters is 1. The number of hydrogen-bond acceptors (Lipinski definition) is 7. The number of aryl methyl sites for hydroxylation is 1. The Morgan fingerprint density at radius 1 is 1.15 bits per heavy atom. The zero-order valence-corrected chi connectivity index (χ0v) is 20.6. The van der Waals surface area contributed by atoms with Gasteiger partial charge in [-0.15, -0.1) is 11.8 Å². The average Bonchev–Trinajstić information content (AvgIpc) is 2.80. The van der Waals surface area contributed by atoms with Crippen LogP contribution in [0.2, 0.25) is 0 Å². The van der Waals surface area contributed by atoms with Gasteiger partial charge in [0.25, 0.3) is 0 Å². The van der Waals surface area contributed by atoms with Gasteiger partial charge in [-0.05, 0) is 48.2 Å². The molecule has 8 heteroatoms. The Balaban J connectivity index is 1.76. The minimum absolute atomic E-state index is 0.0714. The van der Waals surface area contributed by atoms with Gasteiger partial charge in [0.2, 0.25) is 5.91 Å². The van der Waals surface area contributed by atoms with Crippen LogP contribution in [0, 0.1) is 6.92 Å². The fourth-order valence-electron chi connectivity index (χ4n) is 3.60. The fourth-order valence-corrected chi connectivity index (χ4v) is 4.47. The van der Waals surface area contributed by atoms with Crippen molar-refractivity contribution < 1.29 is 23.5 Å².